The van der Waals surface area contributed by atoms with Gasteiger partial charge in [0, 0.05) is 12.4 Å². The van der Waals surface area contributed by atoms with Crippen LogP contribution in [0.25, 0.3) is 0 Å². The number of anilines is 1. The van der Waals surface area contributed by atoms with Gasteiger partial charge in [0.15, 0.2) is 16.8 Å². The second-order valence-corrected chi connectivity index (χ2v) is 3.14. The molecule has 2 aromatic rings. The Morgan fingerprint density at radius 2 is 2.20 bits per heavy atom. The molecule has 78 valence electrons. The summed E-state index contributed by atoms with van der Waals surface area (Å²) in [6, 6.07) is 0. The first kappa shape index (κ1) is 9.85. The van der Waals surface area contributed by atoms with Crippen molar-refractivity contribution in [3.8, 4) is 0 Å². The van der Waals surface area contributed by atoms with E-state index in [1.165, 1.54) is 6.20 Å². The van der Waals surface area contributed by atoms with Crippen molar-refractivity contribution in [2.75, 3.05) is 5.32 Å². The van der Waals surface area contributed by atoms with Crippen molar-refractivity contribution in [1.29, 1.82) is 0 Å². The van der Waals surface area contributed by atoms with Crippen LogP contribution in [-0.4, -0.2) is 20.1 Å². The number of hydrogen-bond acceptors (Lipinski definition) is 6. The Balaban J connectivity index is 2.02. The number of halogens is 1. The minimum Gasteiger partial charge on any atom is -0.358 e. The van der Waals surface area contributed by atoms with Crippen molar-refractivity contribution in [2.45, 2.75) is 13.5 Å². The van der Waals surface area contributed by atoms with Gasteiger partial charge in [-0.25, -0.2) is 9.97 Å². The Morgan fingerprint density at radius 3 is 2.87 bits per heavy atom. The van der Waals surface area contributed by atoms with Crippen LogP contribution in [0.5, 0.6) is 0 Å². The molecule has 0 aliphatic carbocycles. The summed E-state index contributed by atoms with van der Waals surface area (Å²) < 4.78 is 4.91. The van der Waals surface area contributed by atoms with E-state index in [4.69, 9.17) is 16.1 Å². The molecule has 0 atom stereocenters. The lowest BCUT2D eigenvalue weighted by molar-refractivity contribution is 0.379. The molecule has 6 nitrogen and oxygen atoms in total. The van der Waals surface area contributed by atoms with E-state index >= 15 is 0 Å². The van der Waals surface area contributed by atoms with Crippen molar-refractivity contribution < 1.29 is 4.52 Å². The molecule has 0 saturated carbocycles. The van der Waals surface area contributed by atoms with Gasteiger partial charge in [-0.2, -0.15) is 4.98 Å². The summed E-state index contributed by atoms with van der Waals surface area (Å²) in [5, 5.41) is 6.91. The average molecular weight is 226 g/mol. The minimum atomic E-state index is 0.314. The molecule has 0 fully saturated rings. The summed E-state index contributed by atoms with van der Waals surface area (Å²) in [6.45, 7) is 2.13. The molecule has 0 aliphatic heterocycles. The number of aryl methyl sites for hydroxylation is 1. The molecule has 2 heterocycles. The molecule has 0 spiro atoms. The summed E-state index contributed by atoms with van der Waals surface area (Å²) in [5.74, 6) is 1.57. The van der Waals surface area contributed by atoms with E-state index in [1.54, 1.807) is 13.1 Å². The highest BCUT2D eigenvalue weighted by Gasteiger charge is 2.05. The normalized spacial score (nSPS) is 10.3. The number of nitrogens with one attached hydrogen (secondary N) is 1. The van der Waals surface area contributed by atoms with Crippen LogP contribution in [0.4, 0.5) is 5.82 Å². The topological polar surface area (TPSA) is 76.7 Å². The second-order valence-electron chi connectivity index (χ2n) is 2.78. The van der Waals surface area contributed by atoms with Crippen LogP contribution in [0.2, 0.25) is 5.15 Å². The zero-order valence-corrected chi connectivity index (χ0v) is 8.69. The van der Waals surface area contributed by atoms with Crippen LogP contribution in [-0.2, 0) is 6.54 Å². The quantitative estimate of drug-likeness (QED) is 0.852. The van der Waals surface area contributed by atoms with Gasteiger partial charge in [-0.1, -0.05) is 16.8 Å². The van der Waals surface area contributed by atoms with Crippen molar-refractivity contribution in [1.82, 2.24) is 20.1 Å². The monoisotopic (exact) mass is 225 g/mol. The first-order valence-corrected chi connectivity index (χ1v) is 4.63. The van der Waals surface area contributed by atoms with E-state index in [9.17, 15) is 0 Å². The third-order valence-electron chi connectivity index (χ3n) is 1.63. The molecule has 1 N–H and O–H groups in total. The van der Waals surface area contributed by atoms with Gasteiger partial charge < -0.3 is 9.84 Å². The summed E-state index contributed by atoms with van der Waals surface area (Å²) >= 11 is 5.79. The fraction of sp³-hybridized carbons (Fsp3) is 0.250. The predicted molar refractivity (Wildman–Crippen MR) is 53.4 cm³/mol. The van der Waals surface area contributed by atoms with E-state index in [2.05, 4.69) is 25.4 Å². The van der Waals surface area contributed by atoms with Crippen LogP contribution in [0, 0.1) is 6.92 Å². The highest BCUT2D eigenvalue weighted by Crippen LogP contribution is 2.14. The van der Waals surface area contributed by atoms with Gasteiger partial charge in [-0.15, -0.1) is 0 Å². The molecule has 0 amide bonds. The number of rotatable bonds is 3. The van der Waals surface area contributed by atoms with Gasteiger partial charge in [0.05, 0.1) is 6.54 Å². The third kappa shape index (κ3) is 2.41. The van der Waals surface area contributed by atoms with Gasteiger partial charge in [0.1, 0.15) is 0 Å². The van der Waals surface area contributed by atoms with Gasteiger partial charge in [-0.3, -0.25) is 0 Å². The molecule has 0 bridgehead atoms. The van der Waals surface area contributed by atoms with Crippen LogP contribution in [0.15, 0.2) is 16.9 Å². The third-order valence-corrected chi connectivity index (χ3v) is 1.91. The fourth-order valence-corrected chi connectivity index (χ4v) is 1.18. The van der Waals surface area contributed by atoms with Gasteiger partial charge in [0.25, 0.3) is 0 Å². The molecule has 0 radical (unpaired) electrons. The molecule has 0 aromatic carbocycles. The van der Waals surface area contributed by atoms with Crippen molar-refractivity contribution >= 4 is 17.4 Å². The Labute approximate surface area is 90.7 Å². The molecule has 15 heavy (non-hydrogen) atoms. The van der Waals surface area contributed by atoms with Crippen molar-refractivity contribution in [3.05, 3.63) is 29.3 Å². The molecule has 0 aliphatic rings. The smallest absolute Gasteiger partial charge is 0.245 e. The molecule has 2 aromatic heterocycles. The number of nitrogens with zero attached hydrogens (tertiary/aromatic N) is 4. The molecular weight excluding hydrogens is 218 g/mol. The summed E-state index contributed by atoms with van der Waals surface area (Å²) in [4.78, 5) is 11.9. The Kier molecular flexibility index (Phi) is 2.77. The van der Waals surface area contributed by atoms with Gasteiger partial charge in [0.2, 0.25) is 5.89 Å². The molecular formula is C8H8ClN5O. The summed E-state index contributed by atoms with van der Waals surface area (Å²) in [5.41, 5.74) is 0. The standard InChI is InChI=1S/C8H8ClN5O/c1-5-13-6(15-14-5)4-12-8-7(9)10-2-3-11-8/h2-3H,4H2,1H3,(H,11,12). The highest BCUT2D eigenvalue weighted by atomic mass is 35.5. The van der Waals surface area contributed by atoms with E-state index in [0.29, 0.717) is 29.2 Å². The lowest BCUT2D eigenvalue weighted by Gasteiger charge is -2.02. The maximum absolute atomic E-state index is 5.79. The zero-order chi connectivity index (χ0) is 10.7. The fourth-order valence-electron chi connectivity index (χ4n) is 1.01. The second kappa shape index (κ2) is 4.22. The lowest BCUT2D eigenvalue weighted by Crippen LogP contribution is -2.02. The van der Waals surface area contributed by atoms with Crippen molar-refractivity contribution in [2.24, 2.45) is 0 Å². The largest absolute Gasteiger partial charge is 0.358 e. The van der Waals surface area contributed by atoms with E-state index in [-0.39, 0.29) is 0 Å². The van der Waals surface area contributed by atoms with Gasteiger partial charge >= 0.3 is 0 Å². The first-order chi connectivity index (χ1) is 7.25. The molecule has 2 rings (SSSR count). The van der Waals surface area contributed by atoms with Crippen LogP contribution in [0.3, 0.4) is 0 Å². The highest BCUT2D eigenvalue weighted by molar-refractivity contribution is 6.31. The summed E-state index contributed by atoms with van der Waals surface area (Å²) in [7, 11) is 0. The minimum absolute atomic E-state index is 0.314. The van der Waals surface area contributed by atoms with E-state index in [1.807, 2.05) is 0 Å². The molecule has 7 heteroatoms. The Morgan fingerprint density at radius 1 is 1.40 bits per heavy atom. The van der Waals surface area contributed by atoms with Crippen LogP contribution in [0.1, 0.15) is 11.7 Å². The number of hydrogen-bond donors (Lipinski definition) is 1. The van der Waals surface area contributed by atoms with E-state index in [0.717, 1.165) is 0 Å². The predicted octanol–water partition coefficient (Wildman–Crippen LogP) is 1.43. The maximum Gasteiger partial charge on any atom is 0.245 e. The maximum atomic E-state index is 5.79. The average Bonchev–Trinajstić information content (AvgIpc) is 2.63. The number of aromatic nitrogens is 4. The molecule has 0 unspecified atom stereocenters. The lowest BCUT2D eigenvalue weighted by atomic mass is 10.5. The van der Waals surface area contributed by atoms with Crippen LogP contribution < -0.4 is 5.32 Å². The van der Waals surface area contributed by atoms with Crippen molar-refractivity contribution in [3.63, 3.8) is 0 Å². The Hall–Kier alpha value is -1.69. The first-order valence-electron chi connectivity index (χ1n) is 4.25. The van der Waals surface area contributed by atoms with E-state index < -0.39 is 0 Å². The van der Waals surface area contributed by atoms with Gasteiger partial charge in [-0.05, 0) is 6.92 Å². The molecule has 0 saturated heterocycles. The SMILES string of the molecule is Cc1noc(CNc2nccnc2Cl)n1. The summed E-state index contributed by atoms with van der Waals surface area (Å²) in [6.07, 6.45) is 3.07. The zero-order valence-electron chi connectivity index (χ0n) is 7.94. The Bertz CT molecular complexity index is 458. The van der Waals surface area contributed by atoms with Crippen LogP contribution >= 0.6 is 11.6 Å².